The molecule has 0 aliphatic carbocycles. The van der Waals surface area contributed by atoms with Crippen molar-refractivity contribution in [2.45, 2.75) is 4.21 Å². The van der Waals surface area contributed by atoms with Crippen LogP contribution in [0.3, 0.4) is 0 Å². The Labute approximate surface area is 121 Å². The molecule has 108 valence electrons. The highest BCUT2D eigenvalue weighted by Crippen LogP contribution is 2.24. The molecule has 0 aliphatic rings. The van der Waals surface area contributed by atoms with E-state index >= 15 is 0 Å². The number of H-pyrrole nitrogens is 1. The Morgan fingerprint density at radius 2 is 2.10 bits per heavy atom. The van der Waals surface area contributed by atoms with E-state index in [-0.39, 0.29) is 11.5 Å². The van der Waals surface area contributed by atoms with Gasteiger partial charge in [-0.25, -0.2) is 33.1 Å². The highest BCUT2D eigenvalue weighted by molar-refractivity contribution is 7.94. The first-order chi connectivity index (χ1) is 9.99. The van der Waals surface area contributed by atoms with Crippen molar-refractivity contribution in [1.29, 1.82) is 0 Å². The van der Waals surface area contributed by atoms with E-state index in [0.717, 1.165) is 11.8 Å². The third kappa shape index (κ3) is 2.30. The van der Waals surface area contributed by atoms with Gasteiger partial charge in [-0.2, -0.15) is 0 Å². The number of rotatable bonds is 4. The molecule has 3 aromatic rings. The minimum Gasteiger partial charge on any atom is -0.476 e. The summed E-state index contributed by atoms with van der Waals surface area (Å²) in [7, 11) is -4.13. The summed E-state index contributed by atoms with van der Waals surface area (Å²) in [6.07, 6.45) is 2.48. The molecule has 0 radical (unpaired) electrons. The Kier molecular flexibility index (Phi) is 3.03. The molecular formula is C9H6N6O4S2. The Morgan fingerprint density at radius 3 is 2.86 bits per heavy atom. The second-order valence-electron chi connectivity index (χ2n) is 3.72. The summed E-state index contributed by atoms with van der Waals surface area (Å²) in [5.41, 5.74) is 1.18. The number of fused-ring (bicyclic) bond motifs is 1. The fourth-order valence-electron chi connectivity index (χ4n) is 1.58. The van der Waals surface area contributed by atoms with Gasteiger partial charge in [0.25, 0.3) is 10.0 Å². The van der Waals surface area contributed by atoms with Crippen LogP contribution in [-0.2, 0) is 10.0 Å². The predicted octanol–water partition coefficient (Wildman–Crippen LogP) is 0.308. The summed E-state index contributed by atoms with van der Waals surface area (Å²) in [4.78, 5) is 28.7. The second-order valence-corrected chi connectivity index (χ2v) is 6.45. The number of carbonyl (C=O) groups is 1. The van der Waals surface area contributed by atoms with Gasteiger partial charge < -0.3 is 10.1 Å². The van der Waals surface area contributed by atoms with Crippen LogP contribution in [0.2, 0.25) is 0 Å². The SMILES string of the molecule is O=C(O)c1ncsc1S(=O)(=O)Nc1ncnc2nc[nH]c12. The van der Waals surface area contributed by atoms with Gasteiger partial charge in [-0.15, -0.1) is 11.3 Å². The van der Waals surface area contributed by atoms with E-state index in [4.69, 9.17) is 5.11 Å². The monoisotopic (exact) mass is 326 g/mol. The first-order valence-electron chi connectivity index (χ1n) is 5.33. The molecule has 0 unspecified atom stereocenters. The van der Waals surface area contributed by atoms with E-state index in [9.17, 15) is 13.2 Å². The van der Waals surface area contributed by atoms with Crippen LogP contribution >= 0.6 is 11.3 Å². The van der Waals surface area contributed by atoms with Gasteiger partial charge >= 0.3 is 5.97 Å². The van der Waals surface area contributed by atoms with Crippen molar-refractivity contribution in [1.82, 2.24) is 24.9 Å². The van der Waals surface area contributed by atoms with Crippen LogP contribution in [0, 0.1) is 0 Å². The first-order valence-corrected chi connectivity index (χ1v) is 7.69. The number of aromatic amines is 1. The lowest BCUT2D eigenvalue weighted by molar-refractivity contribution is 0.0687. The summed E-state index contributed by atoms with van der Waals surface area (Å²) >= 11 is 0.700. The van der Waals surface area contributed by atoms with Crippen LogP contribution in [0.5, 0.6) is 0 Å². The van der Waals surface area contributed by atoms with Crippen LogP contribution in [0.1, 0.15) is 10.5 Å². The highest BCUT2D eigenvalue weighted by atomic mass is 32.2. The van der Waals surface area contributed by atoms with Gasteiger partial charge in [-0.1, -0.05) is 0 Å². The number of thiazole rings is 1. The van der Waals surface area contributed by atoms with E-state index < -0.39 is 25.9 Å². The molecule has 0 amide bonds. The van der Waals surface area contributed by atoms with Crippen LogP contribution < -0.4 is 4.72 Å². The smallest absolute Gasteiger partial charge is 0.356 e. The topological polar surface area (TPSA) is 151 Å². The van der Waals surface area contributed by atoms with Crippen LogP contribution in [0.25, 0.3) is 11.2 Å². The largest absolute Gasteiger partial charge is 0.476 e. The Hall–Kier alpha value is -2.60. The number of nitrogens with one attached hydrogen (secondary N) is 2. The fourth-order valence-corrected chi connectivity index (χ4v) is 3.75. The molecule has 0 atom stereocenters. The summed E-state index contributed by atoms with van der Waals surface area (Å²) < 4.78 is 26.3. The third-order valence-electron chi connectivity index (χ3n) is 2.44. The van der Waals surface area contributed by atoms with Gasteiger partial charge in [-0.05, 0) is 0 Å². The minimum atomic E-state index is -4.13. The van der Waals surface area contributed by atoms with E-state index in [0.29, 0.717) is 16.9 Å². The van der Waals surface area contributed by atoms with Gasteiger partial charge in [0.05, 0.1) is 11.8 Å². The maximum Gasteiger partial charge on any atom is 0.356 e. The first kappa shape index (κ1) is 13.4. The van der Waals surface area contributed by atoms with Crippen LogP contribution in [0.15, 0.2) is 22.4 Å². The molecular weight excluding hydrogens is 320 g/mol. The van der Waals surface area contributed by atoms with E-state index in [1.807, 2.05) is 0 Å². The molecule has 0 fully saturated rings. The van der Waals surface area contributed by atoms with Crippen molar-refractivity contribution >= 4 is 44.3 Å². The molecule has 0 spiro atoms. The maximum absolute atomic E-state index is 12.3. The van der Waals surface area contributed by atoms with Gasteiger partial charge in [0.1, 0.15) is 11.8 Å². The van der Waals surface area contributed by atoms with Crippen LogP contribution in [0.4, 0.5) is 5.82 Å². The third-order valence-corrected chi connectivity index (χ3v) is 5.14. The number of hydrogen-bond donors (Lipinski definition) is 3. The molecule has 0 saturated heterocycles. The summed E-state index contributed by atoms with van der Waals surface area (Å²) in [6, 6.07) is 0. The van der Waals surface area contributed by atoms with Gasteiger partial charge in [-0.3, -0.25) is 4.72 Å². The number of nitrogens with zero attached hydrogens (tertiary/aromatic N) is 4. The number of anilines is 1. The number of aromatic nitrogens is 5. The van der Waals surface area contributed by atoms with E-state index in [1.54, 1.807) is 0 Å². The van der Waals surface area contributed by atoms with Crippen LogP contribution in [-0.4, -0.2) is 44.4 Å². The Balaban J connectivity index is 2.06. The van der Waals surface area contributed by atoms with Crippen molar-refractivity contribution < 1.29 is 18.3 Å². The van der Waals surface area contributed by atoms with E-state index in [2.05, 4.69) is 29.6 Å². The molecule has 3 N–H and O–H groups in total. The van der Waals surface area contributed by atoms with Crippen molar-refractivity contribution in [2.24, 2.45) is 0 Å². The quantitative estimate of drug-likeness (QED) is 0.619. The average molecular weight is 326 g/mol. The molecule has 0 bridgehead atoms. The zero-order valence-corrected chi connectivity index (χ0v) is 11.6. The van der Waals surface area contributed by atoms with Gasteiger partial charge in [0.2, 0.25) is 0 Å². The fraction of sp³-hybridized carbons (Fsp3) is 0. The Bertz CT molecular complexity index is 931. The average Bonchev–Trinajstić information content (AvgIpc) is 3.08. The highest BCUT2D eigenvalue weighted by Gasteiger charge is 2.27. The molecule has 12 heteroatoms. The van der Waals surface area contributed by atoms with Crippen molar-refractivity contribution in [3.8, 4) is 0 Å². The number of sulfonamides is 1. The van der Waals surface area contributed by atoms with Gasteiger partial charge in [0.15, 0.2) is 21.4 Å². The molecule has 0 aliphatic heterocycles. The lowest BCUT2D eigenvalue weighted by Gasteiger charge is -2.06. The standard InChI is InChI=1S/C9H6N6O4S2/c16-8(17)5-9(20-3-14-5)21(18,19)15-7-4-6(11-1-10-4)12-2-13-7/h1-3H,(H,16,17)(H2,10,11,12,13,15). The number of aromatic carboxylic acids is 1. The zero-order chi connectivity index (χ0) is 15.0. The lowest BCUT2D eigenvalue weighted by atomic mass is 10.5. The maximum atomic E-state index is 12.3. The normalized spacial score (nSPS) is 11.6. The molecule has 3 heterocycles. The molecule has 0 aromatic carbocycles. The van der Waals surface area contributed by atoms with Crippen molar-refractivity contribution in [3.05, 3.63) is 23.9 Å². The number of imidazole rings is 1. The van der Waals surface area contributed by atoms with E-state index in [1.165, 1.54) is 6.33 Å². The summed E-state index contributed by atoms with van der Waals surface area (Å²) in [5, 5.41) is 8.93. The number of carboxylic acid groups (broad SMARTS) is 1. The van der Waals surface area contributed by atoms with Crippen molar-refractivity contribution in [2.75, 3.05) is 4.72 Å². The molecule has 3 aromatic heterocycles. The molecule has 0 saturated carbocycles. The Morgan fingerprint density at radius 1 is 1.29 bits per heavy atom. The summed E-state index contributed by atoms with van der Waals surface area (Å²) in [6.45, 7) is 0. The molecule has 10 nitrogen and oxygen atoms in total. The molecule has 3 rings (SSSR count). The summed E-state index contributed by atoms with van der Waals surface area (Å²) in [5.74, 6) is -1.45. The van der Waals surface area contributed by atoms with Crippen molar-refractivity contribution in [3.63, 3.8) is 0 Å². The second kappa shape index (κ2) is 4.75. The number of carboxylic acids is 1. The lowest BCUT2D eigenvalue weighted by Crippen LogP contribution is -2.16. The molecule has 21 heavy (non-hydrogen) atoms. The zero-order valence-electron chi connectivity index (χ0n) is 10.0. The number of hydrogen-bond acceptors (Lipinski definition) is 8. The minimum absolute atomic E-state index is 0.0257. The predicted molar refractivity (Wildman–Crippen MR) is 71.6 cm³/mol. The van der Waals surface area contributed by atoms with Gasteiger partial charge in [0, 0.05) is 0 Å².